The van der Waals surface area contributed by atoms with Crippen LogP contribution in [-0.2, 0) is 0 Å². The molecule has 0 bridgehead atoms. The van der Waals surface area contributed by atoms with Gasteiger partial charge < -0.3 is 14.8 Å². The number of amides is 2. The van der Waals surface area contributed by atoms with E-state index in [0.717, 1.165) is 75.0 Å². The number of carbonyl (C=O) groups is 1. The zero-order valence-corrected chi connectivity index (χ0v) is 18.8. The van der Waals surface area contributed by atoms with Crippen LogP contribution >= 0.6 is 0 Å². The third-order valence-electron chi connectivity index (χ3n) is 7.02. The van der Waals surface area contributed by atoms with E-state index >= 15 is 0 Å². The summed E-state index contributed by atoms with van der Waals surface area (Å²) in [7, 11) is 0. The number of urea groups is 1. The number of likely N-dealkylation sites (tertiary alicyclic amines) is 2. The third kappa shape index (κ3) is 4.74. The molecule has 174 valence electrons. The molecule has 1 atom stereocenters. The van der Waals surface area contributed by atoms with Crippen LogP contribution < -0.4 is 4.90 Å². The summed E-state index contributed by atoms with van der Waals surface area (Å²) in [5.41, 5.74) is 2.80. The maximum atomic E-state index is 13.5. The summed E-state index contributed by atoms with van der Waals surface area (Å²) >= 11 is 0. The number of benzene rings is 2. The molecule has 0 spiro atoms. The number of hydrogen-bond acceptors (Lipinski definition) is 2. The number of halogens is 2. The average molecular weight is 453 g/mol. The van der Waals surface area contributed by atoms with Crippen molar-refractivity contribution in [2.75, 3.05) is 44.2 Å². The lowest BCUT2D eigenvalue weighted by molar-refractivity contribution is 0.192. The first-order valence-corrected chi connectivity index (χ1v) is 11.9. The van der Waals surface area contributed by atoms with Crippen molar-refractivity contribution in [2.45, 2.75) is 31.6 Å². The Morgan fingerprint density at radius 1 is 1.00 bits per heavy atom. The number of aromatic nitrogens is 1. The molecule has 0 saturated carbocycles. The Morgan fingerprint density at radius 3 is 2.55 bits per heavy atom. The quantitative estimate of drug-likeness (QED) is 0.567. The van der Waals surface area contributed by atoms with Crippen LogP contribution in [0.15, 0.2) is 48.7 Å². The second kappa shape index (κ2) is 9.51. The first-order valence-electron chi connectivity index (χ1n) is 11.9. The fourth-order valence-electron chi connectivity index (χ4n) is 5.20. The predicted octanol–water partition coefficient (Wildman–Crippen LogP) is 5.35. The monoisotopic (exact) mass is 452 g/mol. The minimum atomic E-state index is -0.301. The highest BCUT2D eigenvalue weighted by Crippen LogP contribution is 2.33. The summed E-state index contributed by atoms with van der Waals surface area (Å²) in [6.45, 7) is 4.73. The fourth-order valence-corrected chi connectivity index (χ4v) is 5.20. The van der Waals surface area contributed by atoms with E-state index < -0.39 is 0 Å². The Bertz CT molecular complexity index is 1110. The zero-order valence-electron chi connectivity index (χ0n) is 18.8. The van der Waals surface area contributed by atoms with Gasteiger partial charge in [-0.1, -0.05) is 0 Å². The van der Waals surface area contributed by atoms with Crippen LogP contribution in [0.1, 0.15) is 37.2 Å². The molecule has 5 nitrogen and oxygen atoms in total. The number of hydrogen-bond donors (Lipinski definition) is 1. The molecule has 2 aromatic carbocycles. The van der Waals surface area contributed by atoms with Crippen molar-refractivity contribution >= 4 is 22.6 Å². The predicted molar refractivity (Wildman–Crippen MR) is 127 cm³/mol. The molecule has 0 radical (unpaired) electrons. The van der Waals surface area contributed by atoms with Crippen molar-refractivity contribution in [3.8, 4) is 0 Å². The zero-order chi connectivity index (χ0) is 22.8. The summed E-state index contributed by atoms with van der Waals surface area (Å²) in [6, 6.07) is 11.1. The minimum absolute atomic E-state index is 0.00992. The van der Waals surface area contributed by atoms with Crippen molar-refractivity contribution in [1.82, 2.24) is 14.8 Å². The molecule has 1 aromatic heterocycles. The molecular weight excluding hydrogens is 422 g/mol. The van der Waals surface area contributed by atoms with Gasteiger partial charge in [-0.15, -0.1) is 0 Å². The van der Waals surface area contributed by atoms with Gasteiger partial charge in [-0.2, -0.15) is 0 Å². The molecule has 3 aromatic rings. The van der Waals surface area contributed by atoms with E-state index in [1.165, 1.54) is 23.8 Å². The minimum Gasteiger partial charge on any atom is -0.361 e. The van der Waals surface area contributed by atoms with Gasteiger partial charge in [0.25, 0.3) is 0 Å². The summed E-state index contributed by atoms with van der Waals surface area (Å²) in [4.78, 5) is 22.6. The van der Waals surface area contributed by atoms with Crippen molar-refractivity contribution in [2.24, 2.45) is 0 Å². The van der Waals surface area contributed by atoms with Crippen LogP contribution in [0.4, 0.5) is 19.3 Å². The Labute approximate surface area is 193 Å². The molecule has 5 rings (SSSR count). The van der Waals surface area contributed by atoms with Crippen molar-refractivity contribution in [1.29, 1.82) is 0 Å². The van der Waals surface area contributed by atoms with Crippen LogP contribution in [0.3, 0.4) is 0 Å². The van der Waals surface area contributed by atoms with Crippen molar-refractivity contribution < 1.29 is 13.6 Å². The van der Waals surface area contributed by atoms with Gasteiger partial charge in [-0.25, -0.2) is 13.6 Å². The topological polar surface area (TPSA) is 42.6 Å². The lowest BCUT2D eigenvalue weighted by atomic mass is 9.98. The summed E-state index contributed by atoms with van der Waals surface area (Å²) in [5.74, 6) is -0.158. The number of piperidine rings is 1. The van der Waals surface area contributed by atoms with E-state index in [-0.39, 0.29) is 17.7 Å². The Hall–Kier alpha value is -2.93. The maximum Gasteiger partial charge on any atom is 0.324 e. The van der Waals surface area contributed by atoms with Gasteiger partial charge in [0.15, 0.2) is 0 Å². The molecule has 7 heteroatoms. The molecule has 0 aliphatic carbocycles. The summed E-state index contributed by atoms with van der Waals surface area (Å²) in [6.07, 6.45) is 6.26. The molecule has 2 fully saturated rings. The van der Waals surface area contributed by atoms with E-state index in [2.05, 4.69) is 9.88 Å². The first kappa shape index (κ1) is 21.9. The molecule has 2 aliphatic rings. The van der Waals surface area contributed by atoms with E-state index in [9.17, 15) is 13.6 Å². The number of nitrogens with zero attached hydrogens (tertiary/aromatic N) is 3. The third-order valence-corrected chi connectivity index (χ3v) is 7.02. The standard InChI is InChI=1S/C26H30F2N4O/c27-20-4-7-22(8-5-20)32(26(33)31-11-2-1-3-12-31)15-14-30-13-10-19(18-30)24-17-29-25-16-21(28)6-9-23(24)25/h4-9,16-17,19,29H,1-3,10-15,18H2. The number of anilines is 1. The molecule has 1 N–H and O–H groups in total. The van der Waals surface area contributed by atoms with Gasteiger partial charge in [-0.05, 0) is 86.2 Å². The normalized spacial score (nSPS) is 19.3. The Morgan fingerprint density at radius 2 is 1.76 bits per heavy atom. The molecule has 3 heterocycles. The van der Waals surface area contributed by atoms with Crippen LogP contribution in [-0.4, -0.2) is 60.1 Å². The number of H-pyrrole nitrogens is 1. The van der Waals surface area contributed by atoms with Gasteiger partial charge >= 0.3 is 6.03 Å². The van der Waals surface area contributed by atoms with Gasteiger partial charge in [0.05, 0.1) is 0 Å². The Kier molecular flexibility index (Phi) is 6.31. The van der Waals surface area contributed by atoms with Crippen LogP contribution in [0, 0.1) is 11.6 Å². The van der Waals surface area contributed by atoms with Crippen LogP contribution in [0.25, 0.3) is 10.9 Å². The fraction of sp³-hybridized carbons (Fsp3) is 0.423. The van der Waals surface area contributed by atoms with E-state index in [0.29, 0.717) is 12.5 Å². The SMILES string of the molecule is O=C(N1CCCCC1)N(CCN1CCC(c2c[nH]c3cc(F)ccc23)C1)c1ccc(F)cc1. The number of aromatic amines is 1. The number of nitrogens with one attached hydrogen (secondary N) is 1. The number of rotatable bonds is 5. The molecular formula is C26H30F2N4O. The largest absolute Gasteiger partial charge is 0.361 e. The van der Waals surface area contributed by atoms with Gasteiger partial charge in [0.2, 0.25) is 0 Å². The van der Waals surface area contributed by atoms with Crippen molar-refractivity contribution in [3.05, 3.63) is 65.9 Å². The van der Waals surface area contributed by atoms with Crippen LogP contribution in [0.5, 0.6) is 0 Å². The smallest absolute Gasteiger partial charge is 0.324 e. The van der Waals surface area contributed by atoms with Gasteiger partial charge in [0, 0.05) is 55.5 Å². The molecule has 33 heavy (non-hydrogen) atoms. The van der Waals surface area contributed by atoms with E-state index in [1.54, 1.807) is 23.1 Å². The van der Waals surface area contributed by atoms with Crippen molar-refractivity contribution in [3.63, 3.8) is 0 Å². The number of carbonyl (C=O) groups excluding carboxylic acids is 1. The highest BCUT2D eigenvalue weighted by atomic mass is 19.1. The van der Waals surface area contributed by atoms with E-state index in [1.807, 2.05) is 17.2 Å². The van der Waals surface area contributed by atoms with Crippen LogP contribution in [0.2, 0.25) is 0 Å². The average Bonchev–Trinajstić information content (AvgIpc) is 3.47. The molecule has 2 aliphatic heterocycles. The highest BCUT2D eigenvalue weighted by molar-refractivity contribution is 5.92. The Balaban J connectivity index is 1.27. The highest BCUT2D eigenvalue weighted by Gasteiger charge is 2.28. The lowest BCUT2D eigenvalue weighted by Gasteiger charge is -2.34. The summed E-state index contributed by atoms with van der Waals surface area (Å²) in [5, 5.41) is 1.08. The summed E-state index contributed by atoms with van der Waals surface area (Å²) < 4.78 is 27.0. The number of fused-ring (bicyclic) bond motifs is 1. The lowest BCUT2D eigenvalue weighted by Crippen LogP contribution is -2.48. The molecule has 2 amide bonds. The second-order valence-corrected chi connectivity index (χ2v) is 9.18. The van der Waals surface area contributed by atoms with Gasteiger partial charge in [0.1, 0.15) is 11.6 Å². The van der Waals surface area contributed by atoms with Gasteiger partial charge in [-0.3, -0.25) is 4.90 Å². The maximum absolute atomic E-state index is 13.5. The van der Waals surface area contributed by atoms with E-state index in [4.69, 9.17) is 0 Å². The second-order valence-electron chi connectivity index (χ2n) is 9.18. The molecule has 1 unspecified atom stereocenters. The first-order chi connectivity index (χ1) is 16.1. The molecule has 2 saturated heterocycles.